The minimum Gasteiger partial charge on any atom is -0.495 e. The fourth-order valence-electron chi connectivity index (χ4n) is 4.88. The van der Waals surface area contributed by atoms with Crippen molar-refractivity contribution in [3.05, 3.63) is 78.4 Å². The molecule has 5 rings (SSSR count). The number of alkyl halides is 2. The lowest BCUT2D eigenvalue weighted by molar-refractivity contribution is -0.0920. The Kier molecular flexibility index (Phi) is 4.82. The number of nitrogens with two attached hydrogens (primary N) is 1. The van der Waals surface area contributed by atoms with Crippen LogP contribution in [0.1, 0.15) is 18.1 Å². The summed E-state index contributed by atoms with van der Waals surface area (Å²) in [6.45, 7) is 0.874. The second-order valence-corrected chi connectivity index (χ2v) is 8.48. The average Bonchev–Trinajstić information content (AvgIpc) is 3.07. The van der Waals surface area contributed by atoms with Crippen molar-refractivity contribution in [2.24, 2.45) is 10.7 Å². The SMILES string of the molecule is COc1cncc(-c2cccc(C3(c4ccncc4)N=C(N)N4CC(F)(F)CNC43C)c2)c1. The molecular formula is C24H24F2N6O. The number of rotatable bonds is 4. The number of pyridine rings is 2. The number of benzene rings is 1. The Labute approximate surface area is 190 Å². The maximum Gasteiger partial charge on any atom is 0.277 e. The van der Waals surface area contributed by atoms with Crippen molar-refractivity contribution in [3.63, 3.8) is 0 Å². The first-order valence-corrected chi connectivity index (χ1v) is 10.6. The molecule has 0 saturated carbocycles. The van der Waals surface area contributed by atoms with Crippen molar-refractivity contribution >= 4 is 5.96 Å². The van der Waals surface area contributed by atoms with Crippen LogP contribution >= 0.6 is 0 Å². The zero-order valence-corrected chi connectivity index (χ0v) is 18.3. The summed E-state index contributed by atoms with van der Waals surface area (Å²) in [5.41, 5.74) is 7.54. The Morgan fingerprint density at radius 1 is 1.03 bits per heavy atom. The standard InChI is InChI=1S/C24H24F2N6O/c1-22-24(18-6-8-28-9-7-18,31-21(27)32(22)15-23(25,26)14-30-22)19-5-3-4-16(10-19)17-11-20(33-2)13-29-12-17/h3-13,30H,14-15H2,1-2H3,(H2,27,31). The first-order chi connectivity index (χ1) is 15.8. The average molecular weight is 450 g/mol. The molecule has 9 heteroatoms. The lowest BCUT2D eigenvalue weighted by atomic mass is 9.73. The predicted octanol–water partition coefficient (Wildman–Crippen LogP) is 2.98. The van der Waals surface area contributed by atoms with Crippen molar-refractivity contribution in [1.29, 1.82) is 0 Å². The molecule has 0 radical (unpaired) electrons. The summed E-state index contributed by atoms with van der Waals surface area (Å²) in [6.07, 6.45) is 6.73. The van der Waals surface area contributed by atoms with E-state index in [1.165, 1.54) is 4.90 Å². The number of nitrogens with one attached hydrogen (secondary N) is 1. The summed E-state index contributed by atoms with van der Waals surface area (Å²) >= 11 is 0. The summed E-state index contributed by atoms with van der Waals surface area (Å²) in [5, 5.41) is 3.07. The summed E-state index contributed by atoms with van der Waals surface area (Å²) in [6, 6.07) is 13.4. The maximum absolute atomic E-state index is 14.4. The van der Waals surface area contributed by atoms with Gasteiger partial charge in [0.25, 0.3) is 5.92 Å². The number of guanidine groups is 1. The summed E-state index contributed by atoms with van der Waals surface area (Å²) in [5.74, 6) is -2.23. The number of fused-ring (bicyclic) bond motifs is 1. The molecule has 0 aliphatic carbocycles. The van der Waals surface area contributed by atoms with Gasteiger partial charge in [0.15, 0.2) is 11.5 Å². The van der Waals surface area contributed by atoms with Crippen LogP contribution in [0.25, 0.3) is 11.1 Å². The molecule has 4 heterocycles. The highest BCUT2D eigenvalue weighted by atomic mass is 19.3. The van der Waals surface area contributed by atoms with E-state index in [0.29, 0.717) is 5.75 Å². The van der Waals surface area contributed by atoms with Gasteiger partial charge < -0.3 is 15.4 Å². The molecule has 2 aliphatic heterocycles. The minimum atomic E-state index is -2.93. The van der Waals surface area contributed by atoms with E-state index in [9.17, 15) is 8.78 Å². The largest absolute Gasteiger partial charge is 0.495 e. The Bertz CT molecular complexity index is 1220. The zero-order valence-electron chi connectivity index (χ0n) is 18.3. The van der Waals surface area contributed by atoms with Gasteiger partial charge in [-0.15, -0.1) is 0 Å². The highest BCUT2D eigenvalue weighted by molar-refractivity contribution is 5.84. The third kappa shape index (κ3) is 3.22. The topological polar surface area (TPSA) is 88.7 Å². The zero-order chi connectivity index (χ0) is 23.3. The fourth-order valence-corrected chi connectivity index (χ4v) is 4.88. The van der Waals surface area contributed by atoms with Gasteiger partial charge in [-0.05, 0) is 47.9 Å². The molecule has 2 aliphatic rings. The lowest BCUT2D eigenvalue weighted by Gasteiger charge is -2.51. The number of ether oxygens (including phenoxy) is 1. The highest BCUT2D eigenvalue weighted by Gasteiger charge is 2.63. The molecule has 3 aromatic rings. The van der Waals surface area contributed by atoms with E-state index in [2.05, 4.69) is 15.3 Å². The Morgan fingerprint density at radius 2 is 1.82 bits per heavy atom. The third-order valence-electron chi connectivity index (χ3n) is 6.54. The molecule has 2 aromatic heterocycles. The van der Waals surface area contributed by atoms with Crippen molar-refractivity contribution in [2.75, 3.05) is 20.2 Å². The van der Waals surface area contributed by atoms with Gasteiger partial charge in [-0.2, -0.15) is 0 Å². The van der Waals surface area contributed by atoms with Crippen LogP contribution in [0.15, 0.2) is 72.2 Å². The van der Waals surface area contributed by atoms with E-state index in [0.717, 1.165) is 22.3 Å². The number of aliphatic imine (C=N–C) groups is 1. The van der Waals surface area contributed by atoms with Crippen LogP contribution in [-0.4, -0.2) is 52.6 Å². The van der Waals surface area contributed by atoms with Crippen molar-refractivity contribution in [3.8, 4) is 16.9 Å². The van der Waals surface area contributed by atoms with E-state index >= 15 is 0 Å². The summed E-state index contributed by atoms with van der Waals surface area (Å²) in [4.78, 5) is 14.7. The summed E-state index contributed by atoms with van der Waals surface area (Å²) < 4.78 is 34.0. The maximum atomic E-state index is 14.4. The molecule has 0 spiro atoms. The van der Waals surface area contributed by atoms with Crippen LogP contribution in [0.5, 0.6) is 5.75 Å². The molecule has 1 aromatic carbocycles. The molecule has 2 atom stereocenters. The molecule has 33 heavy (non-hydrogen) atoms. The Balaban J connectivity index is 1.72. The molecule has 0 bridgehead atoms. The van der Waals surface area contributed by atoms with E-state index in [-0.39, 0.29) is 5.96 Å². The second kappa shape index (κ2) is 7.48. The van der Waals surface area contributed by atoms with E-state index in [1.54, 1.807) is 31.9 Å². The fraction of sp³-hybridized carbons (Fsp3) is 0.292. The van der Waals surface area contributed by atoms with Gasteiger partial charge in [0.1, 0.15) is 11.4 Å². The van der Waals surface area contributed by atoms with Gasteiger partial charge in [-0.3, -0.25) is 15.3 Å². The monoisotopic (exact) mass is 450 g/mol. The van der Waals surface area contributed by atoms with Crippen LogP contribution in [0.4, 0.5) is 8.78 Å². The molecule has 1 saturated heterocycles. The number of halogens is 2. The summed E-state index contributed by atoms with van der Waals surface area (Å²) in [7, 11) is 1.59. The van der Waals surface area contributed by atoms with E-state index in [4.69, 9.17) is 15.5 Å². The molecular weight excluding hydrogens is 426 g/mol. The van der Waals surface area contributed by atoms with Crippen LogP contribution in [-0.2, 0) is 5.54 Å². The number of hydrogen-bond donors (Lipinski definition) is 2. The second-order valence-electron chi connectivity index (χ2n) is 8.48. The highest BCUT2D eigenvalue weighted by Crippen LogP contribution is 2.51. The number of aromatic nitrogens is 2. The van der Waals surface area contributed by atoms with Gasteiger partial charge in [0, 0.05) is 24.2 Å². The first kappa shape index (κ1) is 21.3. The van der Waals surface area contributed by atoms with E-state index in [1.807, 2.05) is 49.4 Å². The van der Waals surface area contributed by atoms with E-state index < -0.39 is 30.2 Å². The number of hydrogen-bond acceptors (Lipinski definition) is 7. The Hall–Kier alpha value is -3.59. The van der Waals surface area contributed by atoms with Gasteiger partial charge >= 0.3 is 0 Å². The van der Waals surface area contributed by atoms with Gasteiger partial charge in [0.2, 0.25) is 0 Å². The first-order valence-electron chi connectivity index (χ1n) is 10.6. The van der Waals surface area contributed by atoms with Crippen molar-refractivity contribution in [1.82, 2.24) is 20.2 Å². The van der Waals surface area contributed by atoms with Crippen LogP contribution < -0.4 is 15.8 Å². The molecule has 1 fully saturated rings. The third-order valence-corrected chi connectivity index (χ3v) is 6.54. The molecule has 7 nitrogen and oxygen atoms in total. The van der Waals surface area contributed by atoms with Crippen LogP contribution in [0.3, 0.4) is 0 Å². The lowest BCUT2D eigenvalue weighted by Crippen LogP contribution is -2.73. The van der Waals surface area contributed by atoms with Crippen molar-refractivity contribution in [2.45, 2.75) is 24.0 Å². The molecule has 3 N–H and O–H groups in total. The predicted molar refractivity (Wildman–Crippen MR) is 121 cm³/mol. The minimum absolute atomic E-state index is 0.0645. The molecule has 170 valence electrons. The van der Waals surface area contributed by atoms with Crippen LogP contribution in [0, 0.1) is 0 Å². The van der Waals surface area contributed by atoms with Gasteiger partial charge in [-0.25, -0.2) is 13.8 Å². The molecule has 2 unspecified atom stereocenters. The smallest absolute Gasteiger partial charge is 0.277 e. The van der Waals surface area contributed by atoms with Crippen LogP contribution in [0.2, 0.25) is 0 Å². The number of nitrogens with zero attached hydrogens (tertiary/aromatic N) is 4. The quantitative estimate of drug-likeness (QED) is 0.636. The normalized spacial score (nSPS) is 25.9. The van der Waals surface area contributed by atoms with Crippen molar-refractivity contribution < 1.29 is 13.5 Å². The molecule has 0 amide bonds. The van der Waals surface area contributed by atoms with Gasteiger partial charge in [0.05, 0.1) is 26.4 Å². The van der Waals surface area contributed by atoms with Gasteiger partial charge in [-0.1, -0.05) is 18.2 Å². The number of methoxy groups -OCH3 is 1. The Morgan fingerprint density at radius 3 is 2.58 bits per heavy atom.